The van der Waals surface area contributed by atoms with E-state index in [0.29, 0.717) is 0 Å². The van der Waals surface area contributed by atoms with Gasteiger partial charge in [0.05, 0.1) is 6.61 Å². The lowest BCUT2D eigenvalue weighted by atomic mass is 10.2. The Morgan fingerprint density at radius 1 is 1.45 bits per heavy atom. The van der Waals surface area contributed by atoms with Crippen LogP contribution in [0.5, 0.6) is 0 Å². The van der Waals surface area contributed by atoms with Gasteiger partial charge in [-0.15, -0.1) is 0 Å². The highest BCUT2D eigenvalue weighted by molar-refractivity contribution is 5.65. The summed E-state index contributed by atoms with van der Waals surface area (Å²) in [6, 6.07) is 0. The molecule has 0 fully saturated rings. The number of nitrogens with one attached hydrogen (secondary N) is 1. The van der Waals surface area contributed by atoms with Gasteiger partial charge in [0.15, 0.2) is 5.72 Å². The van der Waals surface area contributed by atoms with E-state index in [9.17, 15) is 4.79 Å². The van der Waals surface area contributed by atoms with E-state index in [2.05, 4.69) is 0 Å². The maximum atomic E-state index is 9.98. The Balaban J connectivity index is 3.98. The molecule has 0 aliphatic rings. The maximum Gasteiger partial charge on any atom is 0.406 e. The molecule has 0 heterocycles. The monoisotopic (exact) mass is 165 g/mol. The first-order valence-electron chi connectivity index (χ1n) is 2.99. The number of hydrogen-bond donors (Lipinski definition) is 5. The SMILES string of the molecule is O=C(O)NC(O)(CO)CCO. The molecule has 6 nitrogen and oxygen atoms in total. The van der Waals surface area contributed by atoms with Crippen molar-refractivity contribution >= 4 is 6.09 Å². The number of rotatable bonds is 4. The van der Waals surface area contributed by atoms with E-state index in [1.165, 1.54) is 0 Å². The summed E-state index contributed by atoms with van der Waals surface area (Å²) in [6.45, 7) is -1.17. The number of carbonyl (C=O) groups is 1. The highest BCUT2D eigenvalue weighted by atomic mass is 16.4. The Bertz CT molecular complexity index is 139. The number of hydrogen-bond acceptors (Lipinski definition) is 4. The van der Waals surface area contributed by atoms with Crippen molar-refractivity contribution in [3.63, 3.8) is 0 Å². The molecule has 0 aliphatic carbocycles. The Hall–Kier alpha value is -0.850. The molecular weight excluding hydrogens is 154 g/mol. The molecule has 0 aromatic heterocycles. The Morgan fingerprint density at radius 2 is 2.00 bits per heavy atom. The third-order valence-corrected chi connectivity index (χ3v) is 1.13. The molecule has 0 aromatic rings. The van der Waals surface area contributed by atoms with E-state index in [4.69, 9.17) is 20.4 Å². The Labute approximate surface area is 63.1 Å². The molecule has 0 radical (unpaired) electrons. The zero-order valence-electron chi connectivity index (χ0n) is 5.82. The smallest absolute Gasteiger partial charge is 0.406 e. The lowest BCUT2D eigenvalue weighted by molar-refractivity contribution is -0.0526. The summed E-state index contributed by atoms with van der Waals surface area (Å²) >= 11 is 0. The summed E-state index contributed by atoms with van der Waals surface area (Å²) in [4.78, 5) is 9.98. The molecule has 0 saturated carbocycles. The molecule has 0 aromatic carbocycles. The van der Waals surface area contributed by atoms with Crippen molar-refractivity contribution in [2.75, 3.05) is 13.2 Å². The van der Waals surface area contributed by atoms with E-state index in [1.54, 1.807) is 5.32 Å². The zero-order valence-corrected chi connectivity index (χ0v) is 5.82. The van der Waals surface area contributed by atoms with Crippen LogP contribution in [0.15, 0.2) is 0 Å². The first-order chi connectivity index (χ1) is 5.04. The second-order valence-corrected chi connectivity index (χ2v) is 2.09. The summed E-state index contributed by atoms with van der Waals surface area (Å²) in [5, 5.41) is 35.7. The van der Waals surface area contributed by atoms with Gasteiger partial charge in [-0.2, -0.15) is 0 Å². The van der Waals surface area contributed by atoms with E-state index in [1.807, 2.05) is 0 Å². The van der Waals surface area contributed by atoms with Crippen LogP contribution in [0.2, 0.25) is 0 Å². The van der Waals surface area contributed by atoms with Gasteiger partial charge in [-0.3, -0.25) is 5.32 Å². The zero-order chi connectivity index (χ0) is 8.91. The molecule has 11 heavy (non-hydrogen) atoms. The number of aliphatic hydroxyl groups is 3. The van der Waals surface area contributed by atoms with Crippen LogP contribution in [0.25, 0.3) is 0 Å². The number of aliphatic hydroxyl groups excluding tert-OH is 2. The molecular formula is C5H11NO5. The first kappa shape index (κ1) is 10.2. The van der Waals surface area contributed by atoms with Crippen molar-refractivity contribution in [1.29, 1.82) is 0 Å². The minimum Gasteiger partial charge on any atom is -0.465 e. The van der Waals surface area contributed by atoms with E-state index in [-0.39, 0.29) is 6.42 Å². The molecule has 5 N–H and O–H groups in total. The molecule has 0 aliphatic heterocycles. The minimum absolute atomic E-state index is 0.240. The molecule has 0 rings (SSSR count). The van der Waals surface area contributed by atoms with Crippen molar-refractivity contribution in [2.24, 2.45) is 0 Å². The fraction of sp³-hybridized carbons (Fsp3) is 0.800. The van der Waals surface area contributed by atoms with E-state index >= 15 is 0 Å². The van der Waals surface area contributed by atoms with Crippen LogP contribution in [0.3, 0.4) is 0 Å². The number of amides is 1. The van der Waals surface area contributed by atoms with Crippen LogP contribution in [-0.2, 0) is 0 Å². The van der Waals surface area contributed by atoms with Crippen LogP contribution >= 0.6 is 0 Å². The lowest BCUT2D eigenvalue weighted by Gasteiger charge is -2.24. The summed E-state index contributed by atoms with van der Waals surface area (Å²) in [5.41, 5.74) is -1.93. The maximum absolute atomic E-state index is 9.98. The quantitative estimate of drug-likeness (QED) is 0.319. The summed E-state index contributed by atoms with van der Waals surface area (Å²) in [7, 11) is 0. The molecule has 1 atom stereocenters. The number of carboxylic acid groups (broad SMARTS) is 1. The third kappa shape index (κ3) is 3.76. The topological polar surface area (TPSA) is 110 Å². The molecule has 6 heteroatoms. The van der Waals surface area contributed by atoms with Gasteiger partial charge in [0.2, 0.25) is 0 Å². The largest absolute Gasteiger partial charge is 0.465 e. The Morgan fingerprint density at radius 3 is 2.27 bits per heavy atom. The average Bonchev–Trinajstić information content (AvgIpc) is 1.87. The van der Waals surface area contributed by atoms with Crippen molar-refractivity contribution in [3.05, 3.63) is 0 Å². The second kappa shape index (κ2) is 4.12. The average molecular weight is 165 g/mol. The summed E-state index contributed by atoms with van der Waals surface area (Å²) < 4.78 is 0. The highest BCUT2D eigenvalue weighted by Crippen LogP contribution is 2.03. The standard InChI is InChI=1S/C5H11NO5/c7-2-1-5(11,3-8)6-4(9)10/h6-8,11H,1-3H2,(H,9,10). The predicted octanol–water partition coefficient (Wildman–Crippen LogP) is -1.68. The van der Waals surface area contributed by atoms with Crippen LogP contribution < -0.4 is 5.32 Å². The van der Waals surface area contributed by atoms with Gasteiger partial charge in [0, 0.05) is 13.0 Å². The molecule has 1 unspecified atom stereocenters. The molecule has 66 valence electrons. The molecule has 0 saturated heterocycles. The van der Waals surface area contributed by atoms with Gasteiger partial charge in [-0.05, 0) is 0 Å². The van der Waals surface area contributed by atoms with Gasteiger partial charge in [-0.1, -0.05) is 0 Å². The second-order valence-electron chi connectivity index (χ2n) is 2.09. The van der Waals surface area contributed by atoms with Crippen LogP contribution in [0.1, 0.15) is 6.42 Å². The molecule has 0 spiro atoms. The summed E-state index contributed by atoms with van der Waals surface area (Å²) in [6.07, 6.45) is -1.69. The van der Waals surface area contributed by atoms with Crippen molar-refractivity contribution in [3.8, 4) is 0 Å². The minimum atomic E-state index is -1.93. The van der Waals surface area contributed by atoms with Crippen LogP contribution in [0.4, 0.5) is 4.79 Å². The van der Waals surface area contributed by atoms with E-state index in [0.717, 1.165) is 0 Å². The van der Waals surface area contributed by atoms with Crippen molar-refractivity contribution < 1.29 is 25.2 Å². The first-order valence-corrected chi connectivity index (χ1v) is 2.99. The van der Waals surface area contributed by atoms with Crippen LogP contribution in [-0.4, -0.2) is 45.5 Å². The van der Waals surface area contributed by atoms with Gasteiger partial charge in [-0.25, -0.2) is 4.79 Å². The normalized spacial score (nSPS) is 15.5. The van der Waals surface area contributed by atoms with Gasteiger partial charge >= 0.3 is 6.09 Å². The predicted molar refractivity (Wildman–Crippen MR) is 34.9 cm³/mol. The fourth-order valence-electron chi connectivity index (χ4n) is 0.565. The third-order valence-electron chi connectivity index (χ3n) is 1.13. The van der Waals surface area contributed by atoms with Gasteiger partial charge < -0.3 is 20.4 Å². The molecule has 0 bridgehead atoms. The Kier molecular flexibility index (Phi) is 3.80. The van der Waals surface area contributed by atoms with Crippen molar-refractivity contribution in [1.82, 2.24) is 5.32 Å². The van der Waals surface area contributed by atoms with Crippen LogP contribution in [0, 0.1) is 0 Å². The lowest BCUT2D eigenvalue weighted by Crippen LogP contribution is -2.51. The van der Waals surface area contributed by atoms with Crippen molar-refractivity contribution in [2.45, 2.75) is 12.1 Å². The molecule has 1 amide bonds. The highest BCUT2D eigenvalue weighted by Gasteiger charge is 2.26. The van der Waals surface area contributed by atoms with Gasteiger partial charge in [0.25, 0.3) is 0 Å². The van der Waals surface area contributed by atoms with E-state index < -0.39 is 25.0 Å². The van der Waals surface area contributed by atoms with Gasteiger partial charge in [0.1, 0.15) is 0 Å². The summed E-state index contributed by atoms with van der Waals surface area (Å²) in [5.74, 6) is 0. The fourth-order valence-corrected chi connectivity index (χ4v) is 0.565.